The Morgan fingerprint density at radius 2 is 1.55 bits per heavy atom. The summed E-state index contributed by atoms with van der Waals surface area (Å²) in [7, 11) is -3.78. The predicted octanol–water partition coefficient (Wildman–Crippen LogP) is 4.66. The zero-order chi connectivity index (χ0) is 21.7. The number of H-pyrrole nitrogens is 1. The minimum atomic E-state index is -3.78. The summed E-state index contributed by atoms with van der Waals surface area (Å²) in [5.74, 6) is 6.90. The molecule has 0 unspecified atom stereocenters. The first kappa shape index (κ1) is 20.7. The number of hydrogen-bond acceptors (Lipinski definition) is 4. The van der Waals surface area contributed by atoms with Gasteiger partial charge in [-0.15, -0.1) is 0 Å². The first-order chi connectivity index (χ1) is 15.0. The number of benzene rings is 3. The van der Waals surface area contributed by atoms with Crippen LogP contribution in [0.5, 0.6) is 5.75 Å². The molecule has 0 aliphatic heterocycles. The van der Waals surface area contributed by atoms with Crippen LogP contribution in [-0.4, -0.2) is 26.6 Å². The molecule has 156 valence electrons. The average molecular weight is 432 g/mol. The Morgan fingerprint density at radius 1 is 0.839 bits per heavy atom. The van der Waals surface area contributed by atoms with Crippen molar-refractivity contribution in [1.29, 1.82) is 0 Å². The van der Waals surface area contributed by atoms with E-state index in [0.29, 0.717) is 5.75 Å². The van der Waals surface area contributed by atoms with Crippen molar-refractivity contribution in [1.82, 2.24) is 4.98 Å². The van der Waals surface area contributed by atoms with Crippen LogP contribution in [0.4, 0.5) is 0 Å². The molecule has 31 heavy (non-hydrogen) atoms. The van der Waals surface area contributed by atoms with E-state index in [1.54, 1.807) is 24.3 Å². The van der Waals surface area contributed by atoms with Gasteiger partial charge in [0.25, 0.3) is 10.1 Å². The summed E-state index contributed by atoms with van der Waals surface area (Å²) < 4.78 is 34.9. The number of aromatic amines is 1. The maximum Gasteiger partial charge on any atom is 0.297 e. The number of aromatic nitrogens is 1. The Balaban J connectivity index is 1.29. The van der Waals surface area contributed by atoms with Crippen molar-refractivity contribution in [2.75, 3.05) is 13.2 Å². The Hall–Kier alpha value is -3.53. The minimum Gasteiger partial charge on any atom is -0.491 e. The van der Waals surface area contributed by atoms with Crippen LogP contribution < -0.4 is 4.74 Å². The van der Waals surface area contributed by atoms with Crippen molar-refractivity contribution in [2.45, 2.75) is 11.8 Å². The molecule has 0 spiro atoms. The summed E-state index contributed by atoms with van der Waals surface area (Å²) >= 11 is 0. The molecule has 0 bridgehead atoms. The van der Waals surface area contributed by atoms with E-state index in [1.807, 2.05) is 49.5 Å². The number of fused-ring (bicyclic) bond motifs is 1. The fourth-order valence-corrected chi connectivity index (χ4v) is 3.87. The van der Waals surface area contributed by atoms with Gasteiger partial charge in [0, 0.05) is 22.8 Å². The van der Waals surface area contributed by atoms with Gasteiger partial charge in [-0.3, -0.25) is 4.18 Å². The largest absolute Gasteiger partial charge is 0.491 e. The zero-order valence-electron chi connectivity index (χ0n) is 17.0. The molecule has 3 aromatic carbocycles. The van der Waals surface area contributed by atoms with Crippen LogP contribution in [0.2, 0.25) is 0 Å². The first-order valence-corrected chi connectivity index (χ1v) is 11.2. The summed E-state index contributed by atoms with van der Waals surface area (Å²) in [6.45, 7) is 1.94. The van der Waals surface area contributed by atoms with E-state index < -0.39 is 10.1 Å². The maximum absolute atomic E-state index is 12.2. The molecule has 0 aliphatic rings. The molecule has 0 fully saturated rings. The lowest BCUT2D eigenvalue weighted by Gasteiger charge is -2.08. The Labute approximate surface area is 181 Å². The number of rotatable bonds is 6. The Morgan fingerprint density at radius 3 is 2.32 bits per heavy atom. The van der Waals surface area contributed by atoms with E-state index in [9.17, 15) is 8.42 Å². The molecule has 6 heteroatoms. The van der Waals surface area contributed by atoms with Crippen LogP contribution in [0.3, 0.4) is 0 Å². The van der Waals surface area contributed by atoms with Gasteiger partial charge in [-0.25, -0.2) is 0 Å². The third kappa shape index (κ3) is 5.34. The van der Waals surface area contributed by atoms with Crippen molar-refractivity contribution in [2.24, 2.45) is 0 Å². The average Bonchev–Trinajstić information content (AvgIpc) is 3.24. The monoisotopic (exact) mass is 431 g/mol. The summed E-state index contributed by atoms with van der Waals surface area (Å²) in [4.78, 5) is 3.31. The fourth-order valence-electron chi connectivity index (χ4n) is 2.98. The molecule has 1 heterocycles. The highest BCUT2D eigenvalue weighted by atomic mass is 32.2. The molecular weight excluding hydrogens is 410 g/mol. The summed E-state index contributed by atoms with van der Waals surface area (Å²) in [5, 5.41) is 1.16. The van der Waals surface area contributed by atoms with Crippen molar-refractivity contribution in [3.8, 4) is 17.6 Å². The van der Waals surface area contributed by atoms with E-state index in [4.69, 9.17) is 8.92 Å². The van der Waals surface area contributed by atoms with Gasteiger partial charge in [0.1, 0.15) is 19.0 Å². The van der Waals surface area contributed by atoms with E-state index in [-0.39, 0.29) is 18.1 Å². The van der Waals surface area contributed by atoms with Crippen LogP contribution >= 0.6 is 0 Å². The van der Waals surface area contributed by atoms with E-state index in [1.165, 1.54) is 12.1 Å². The van der Waals surface area contributed by atoms with Gasteiger partial charge in [0.05, 0.1) is 4.90 Å². The normalized spacial score (nSPS) is 11.1. The topological polar surface area (TPSA) is 68.4 Å². The van der Waals surface area contributed by atoms with Crippen molar-refractivity contribution in [3.63, 3.8) is 0 Å². The van der Waals surface area contributed by atoms with Crippen molar-refractivity contribution in [3.05, 3.63) is 95.7 Å². The Kier molecular flexibility index (Phi) is 6.08. The molecule has 0 aliphatic carbocycles. The molecule has 0 radical (unpaired) electrons. The number of aryl methyl sites for hydroxylation is 1. The molecule has 4 aromatic rings. The highest BCUT2D eigenvalue weighted by Crippen LogP contribution is 2.16. The second kappa shape index (κ2) is 9.09. The number of hydrogen-bond donors (Lipinski definition) is 1. The van der Waals surface area contributed by atoms with Crippen LogP contribution in [0, 0.1) is 18.8 Å². The van der Waals surface area contributed by atoms with Gasteiger partial charge >= 0.3 is 0 Å². The molecule has 1 aromatic heterocycles. The highest BCUT2D eigenvalue weighted by Gasteiger charge is 2.14. The lowest BCUT2D eigenvalue weighted by molar-refractivity contribution is 0.221. The molecular formula is C25H21NO4S. The van der Waals surface area contributed by atoms with Crippen LogP contribution in [-0.2, 0) is 14.3 Å². The van der Waals surface area contributed by atoms with Crippen LogP contribution in [0.25, 0.3) is 10.9 Å². The quantitative estimate of drug-likeness (QED) is 0.274. The lowest BCUT2D eigenvalue weighted by Crippen LogP contribution is -2.13. The number of nitrogens with one attached hydrogen (secondary N) is 1. The molecule has 5 nitrogen and oxygen atoms in total. The van der Waals surface area contributed by atoms with Crippen molar-refractivity contribution < 1.29 is 17.3 Å². The maximum atomic E-state index is 12.2. The van der Waals surface area contributed by atoms with Gasteiger partial charge in [0.2, 0.25) is 0 Å². The second-order valence-electron chi connectivity index (χ2n) is 6.99. The van der Waals surface area contributed by atoms with E-state index in [0.717, 1.165) is 27.6 Å². The second-order valence-corrected chi connectivity index (χ2v) is 8.61. The molecule has 0 amide bonds. The molecule has 0 saturated heterocycles. The summed E-state index contributed by atoms with van der Waals surface area (Å²) in [5.41, 5.74) is 3.83. The smallest absolute Gasteiger partial charge is 0.297 e. The standard InChI is InChI=1S/C25H21NO4S/c1-19-2-12-24(13-3-19)31(27,28)30-17-16-29-23-10-7-20(8-11-23)4-5-21-6-9-22-14-15-26-25(22)18-21/h2-3,6-15,18,26H,16-17H2,1H3. The summed E-state index contributed by atoms with van der Waals surface area (Å²) in [6, 6.07) is 21.9. The molecule has 0 atom stereocenters. The third-order valence-corrected chi connectivity index (χ3v) is 5.99. The van der Waals surface area contributed by atoms with Gasteiger partial charge in [-0.1, -0.05) is 35.6 Å². The zero-order valence-corrected chi connectivity index (χ0v) is 17.8. The van der Waals surface area contributed by atoms with Gasteiger partial charge in [-0.05, 0) is 66.9 Å². The van der Waals surface area contributed by atoms with Crippen LogP contribution in [0.15, 0.2) is 83.9 Å². The fraction of sp³-hybridized carbons (Fsp3) is 0.120. The first-order valence-electron chi connectivity index (χ1n) is 9.78. The van der Waals surface area contributed by atoms with Crippen molar-refractivity contribution >= 4 is 21.0 Å². The predicted molar refractivity (Wildman–Crippen MR) is 121 cm³/mol. The molecule has 4 rings (SSSR count). The van der Waals surface area contributed by atoms with Gasteiger partial charge < -0.3 is 9.72 Å². The van der Waals surface area contributed by atoms with Gasteiger partial charge in [0.15, 0.2) is 0 Å². The SMILES string of the molecule is Cc1ccc(S(=O)(=O)OCCOc2ccc(C#Cc3ccc4cc[nH]c4c3)cc2)cc1. The molecule has 0 saturated carbocycles. The minimum absolute atomic E-state index is 0.0704. The summed E-state index contributed by atoms with van der Waals surface area (Å²) in [6.07, 6.45) is 1.91. The molecule has 1 N–H and O–H groups in total. The third-order valence-electron chi connectivity index (χ3n) is 4.66. The van der Waals surface area contributed by atoms with Gasteiger partial charge in [-0.2, -0.15) is 8.42 Å². The highest BCUT2D eigenvalue weighted by molar-refractivity contribution is 7.86. The lowest BCUT2D eigenvalue weighted by atomic mass is 10.1. The number of ether oxygens (including phenoxy) is 1. The van der Waals surface area contributed by atoms with E-state index in [2.05, 4.69) is 16.8 Å². The van der Waals surface area contributed by atoms with Crippen LogP contribution in [0.1, 0.15) is 16.7 Å². The Bertz CT molecular complexity index is 1340. The van der Waals surface area contributed by atoms with E-state index >= 15 is 0 Å².